The highest BCUT2D eigenvalue weighted by molar-refractivity contribution is 5.93. The van der Waals surface area contributed by atoms with E-state index in [0.29, 0.717) is 0 Å². The van der Waals surface area contributed by atoms with Crippen molar-refractivity contribution < 1.29 is 4.74 Å². The molecule has 0 fully saturated rings. The molecule has 0 radical (unpaired) electrons. The number of anilines is 6. The van der Waals surface area contributed by atoms with E-state index in [0.717, 1.165) is 84.4 Å². The Kier molecular flexibility index (Phi) is 10.8. The second-order valence-electron chi connectivity index (χ2n) is 17.0. The average Bonchev–Trinajstić information content (AvgIpc) is 3.60. The van der Waals surface area contributed by atoms with E-state index in [1.54, 1.807) is 7.11 Å². The van der Waals surface area contributed by atoms with Crippen molar-refractivity contribution in [2.75, 3.05) is 16.9 Å². The monoisotopic (exact) mass is 838 g/mol. The molecule has 65 heavy (non-hydrogen) atoms. The van der Waals surface area contributed by atoms with Gasteiger partial charge in [0.15, 0.2) is 0 Å². The zero-order valence-corrected chi connectivity index (χ0v) is 37.1. The summed E-state index contributed by atoms with van der Waals surface area (Å²) in [7, 11) is 1.74. The summed E-state index contributed by atoms with van der Waals surface area (Å²) in [6.45, 7) is 13.7. The number of benzene rings is 9. The minimum atomic E-state index is -0.105. The largest absolute Gasteiger partial charge is 0.496 e. The van der Waals surface area contributed by atoms with Crippen LogP contribution in [0.1, 0.15) is 41.7 Å². The molecular weight excluding hydrogens is 789 g/mol. The highest BCUT2D eigenvalue weighted by atomic mass is 16.5. The van der Waals surface area contributed by atoms with Gasteiger partial charge in [0.25, 0.3) is 0 Å². The lowest BCUT2D eigenvalue weighted by atomic mass is 9.82. The summed E-state index contributed by atoms with van der Waals surface area (Å²) < 4.78 is 6.23. The first-order chi connectivity index (χ1) is 31.9. The maximum Gasteiger partial charge on any atom is 0.128 e. The summed E-state index contributed by atoms with van der Waals surface area (Å²) in [5.74, 6) is 0.760. The second-order valence-corrected chi connectivity index (χ2v) is 17.0. The zero-order valence-electron chi connectivity index (χ0n) is 37.1. The first kappa shape index (κ1) is 40.9. The van der Waals surface area contributed by atoms with Crippen LogP contribution in [0.25, 0.3) is 45.0 Å². The molecule has 0 spiro atoms. The van der Waals surface area contributed by atoms with Crippen LogP contribution in [0, 0.1) is 0 Å². The van der Waals surface area contributed by atoms with E-state index in [9.17, 15) is 0 Å². The van der Waals surface area contributed by atoms with Gasteiger partial charge in [-0.1, -0.05) is 179 Å². The number of ether oxygens (including phenoxy) is 1. The minimum Gasteiger partial charge on any atom is -0.496 e. The number of hydrogen-bond acceptors (Lipinski definition) is 3. The van der Waals surface area contributed by atoms with Gasteiger partial charge >= 0.3 is 0 Å². The standard InChI is InChI=1S/C62H50N2O/c1-6-51-52(43(2)44-33-35-48(36-34-44)63(46-23-12-8-13-24-46)49-37-39-56-55-28-16-18-31-58(55)62(3,4)59(56)41-49)29-20-30-54(51)57-40-38-50(42-61(57)65-5)64(47-25-14-9-15-26-47)60-32-19-17-27-53(60)45-21-10-7-11-22-45/h6-42H,1-2H2,3-5H3. The van der Waals surface area contributed by atoms with Gasteiger partial charge in [0.05, 0.1) is 12.8 Å². The average molecular weight is 839 g/mol. The number of rotatable bonds is 12. The molecule has 10 rings (SSSR count). The van der Waals surface area contributed by atoms with Crippen molar-refractivity contribution in [3.05, 3.63) is 259 Å². The Morgan fingerprint density at radius 1 is 0.462 bits per heavy atom. The molecule has 0 saturated heterocycles. The lowest BCUT2D eigenvalue weighted by Gasteiger charge is -2.28. The van der Waals surface area contributed by atoms with Crippen LogP contribution in [0.15, 0.2) is 232 Å². The van der Waals surface area contributed by atoms with Gasteiger partial charge in [-0.15, -0.1) is 0 Å². The maximum absolute atomic E-state index is 6.23. The van der Waals surface area contributed by atoms with E-state index >= 15 is 0 Å². The Morgan fingerprint density at radius 3 is 1.66 bits per heavy atom. The van der Waals surface area contributed by atoms with E-state index < -0.39 is 0 Å². The molecule has 0 saturated carbocycles. The Hall–Kier alpha value is -8.14. The first-order valence-corrected chi connectivity index (χ1v) is 22.2. The van der Waals surface area contributed by atoms with E-state index in [2.05, 4.69) is 255 Å². The third kappa shape index (κ3) is 7.41. The summed E-state index contributed by atoms with van der Waals surface area (Å²) in [5.41, 5.74) is 19.9. The van der Waals surface area contributed by atoms with Crippen molar-refractivity contribution in [3.63, 3.8) is 0 Å². The van der Waals surface area contributed by atoms with Crippen LogP contribution in [0.3, 0.4) is 0 Å². The van der Waals surface area contributed by atoms with Crippen LogP contribution < -0.4 is 14.5 Å². The van der Waals surface area contributed by atoms with Gasteiger partial charge in [-0.25, -0.2) is 0 Å². The number of fused-ring (bicyclic) bond motifs is 3. The van der Waals surface area contributed by atoms with E-state index in [1.165, 1.54) is 22.3 Å². The van der Waals surface area contributed by atoms with Gasteiger partial charge in [-0.2, -0.15) is 0 Å². The maximum atomic E-state index is 6.23. The van der Waals surface area contributed by atoms with Crippen LogP contribution in [0.2, 0.25) is 0 Å². The molecule has 0 bridgehead atoms. The molecule has 314 valence electrons. The van der Waals surface area contributed by atoms with Crippen molar-refractivity contribution in [2.45, 2.75) is 19.3 Å². The summed E-state index contributed by atoms with van der Waals surface area (Å²) in [6, 6.07) is 77.5. The molecule has 0 aliphatic heterocycles. The highest BCUT2D eigenvalue weighted by Gasteiger charge is 2.35. The van der Waals surface area contributed by atoms with Crippen LogP contribution in [-0.2, 0) is 5.41 Å². The summed E-state index contributed by atoms with van der Waals surface area (Å²) in [6.07, 6.45) is 1.94. The Balaban J connectivity index is 0.995. The number of para-hydroxylation sites is 3. The molecule has 9 aromatic carbocycles. The number of nitrogens with zero attached hydrogens (tertiary/aromatic N) is 2. The minimum absolute atomic E-state index is 0.105. The van der Waals surface area contributed by atoms with Crippen molar-refractivity contribution in [1.29, 1.82) is 0 Å². The van der Waals surface area contributed by atoms with Crippen LogP contribution >= 0.6 is 0 Å². The smallest absolute Gasteiger partial charge is 0.128 e. The van der Waals surface area contributed by atoms with Crippen molar-refractivity contribution in [3.8, 4) is 39.1 Å². The van der Waals surface area contributed by atoms with Gasteiger partial charge in [0, 0.05) is 51.0 Å². The molecule has 0 unspecified atom stereocenters. The predicted molar refractivity (Wildman–Crippen MR) is 275 cm³/mol. The van der Waals surface area contributed by atoms with Crippen LogP contribution in [0.4, 0.5) is 34.1 Å². The first-order valence-electron chi connectivity index (χ1n) is 22.2. The lowest BCUT2D eigenvalue weighted by molar-refractivity contribution is 0.416. The van der Waals surface area contributed by atoms with Gasteiger partial charge in [0.1, 0.15) is 5.75 Å². The van der Waals surface area contributed by atoms with Gasteiger partial charge in [-0.3, -0.25) is 0 Å². The third-order valence-electron chi connectivity index (χ3n) is 12.9. The Bertz CT molecular complexity index is 3190. The van der Waals surface area contributed by atoms with E-state index in [1.807, 2.05) is 6.08 Å². The highest BCUT2D eigenvalue weighted by Crippen LogP contribution is 2.51. The molecule has 9 aromatic rings. The topological polar surface area (TPSA) is 15.7 Å². The van der Waals surface area contributed by atoms with E-state index in [-0.39, 0.29) is 5.41 Å². The van der Waals surface area contributed by atoms with Gasteiger partial charge in [-0.05, 0) is 122 Å². The number of methoxy groups -OCH3 is 1. The lowest BCUT2D eigenvalue weighted by Crippen LogP contribution is -2.16. The molecule has 0 heterocycles. The number of hydrogen-bond donors (Lipinski definition) is 0. The third-order valence-corrected chi connectivity index (χ3v) is 12.9. The molecule has 1 aliphatic carbocycles. The Morgan fingerprint density at radius 2 is 0.985 bits per heavy atom. The SMILES string of the molecule is C=Cc1c(C(=C)c2ccc(N(c3ccccc3)c3ccc4c(c3)C(C)(C)c3ccccc3-4)cc2)cccc1-c1ccc(N(c2ccccc2)c2ccccc2-c2ccccc2)cc1OC. The molecule has 0 N–H and O–H groups in total. The molecule has 0 atom stereocenters. The Labute approximate surface area is 383 Å². The van der Waals surface area contributed by atoms with Crippen molar-refractivity contribution >= 4 is 45.8 Å². The predicted octanol–water partition coefficient (Wildman–Crippen LogP) is 17.0. The summed E-state index contributed by atoms with van der Waals surface area (Å²) >= 11 is 0. The summed E-state index contributed by atoms with van der Waals surface area (Å²) in [5, 5.41) is 0. The molecule has 3 nitrogen and oxygen atoms in total. The molecule has 1 aliphatic rings. The van der Waals surface area contributed by atoms with Crippen molar-refractivity contribution in [1.82, 2.24) is 0 Å². The van der Waals surface area contributed by atoms with Crippen molar-refractivity contribution in [2.24, 2.45) is 0 Å². The second kappa shape index (κ2) is 17.2. The molecular formula is C62H50N2O. The fourth-order valence-electron chi connectivity index (χ4n) is 9.68. The van der Waals surface area contributed by atoms with Gasteiger partial charge in [0.2, 0.25) is 0 Å². The molecule has 0 aromatic heterocycles. The van der Waals surface area contributed by atoms with E-state index in [4.69, 9.17) is 4.74 Å². The normalized spacial score (nSPS) is 12.2. The summed E-state index contributed by atoms with van der Waals surface area (Å²) in [4.78, 5) is 4.64. The van der Waals surface area contributed by atoms with Crippen LogP contribution in [0.5, 0.6) is 5.75 Å². The fraction of sp³-hybridized carbons (Fsp3) is 0.0645. The fourth-order valence-corrected chi connectivity index (χ4v) is 9.68. The van der Waals surface area contributed by atoms with Crippen LogP contribution in [-0.4, -0.2) is 7.11 Å². The zero-order chi connectivity index (χ0) is 44.5. The molecule has 3 heteroatoms. The van der Waals surface area contributed by atoms with Gasteiger partial charge < -0.3 is 14.5 Å². The quantitative estimate of drug-likeness (QED) is 0.122. The molecule has 0 amide bonds.